The molecule has 4 heteroatoms. The minimum Gasteiger partial charge on any atom is -0.464 e. The molecule has 0 unspecified atom stereocenters. The highest BCUT2D eigenvalue weighted by Crippen LogP contribution is 2.28. The summed E-state index contributed by atoms with van der Waals surface area (Å²) in [6.07, 6.45) is 5.54. The molecule has 3 nitrogen and oxygen atoms in total. The summed E-state index contributed by atoms with van der Waals surface area (Å²) in [5.41, 5.74) is 0. The van der Waals surface area contributed by atoms with E-state index >= 15 is 0 Å². The maximum absolute atomic E-state index is 11.4. The van der Waals surface area contributed by atoms with Crippen molar-refractivity contribution in [2.75, 3.05) is 6.54 Å². The van der Waals surface area contributed by atoms with Crippen molar-refractivity contribution in [3.63, 3.8) is 0 Å². The molecule has 100 valence electrons. The summed E-state index contributed by atoms with van der Waals surface area (Å²) in [7, 11) is 0. The van der Waals surface area contributed by atoms with Gasteiger partial charge in [-0.05, 0) is 37.1 Å². The lowest BCUT2D eigenvalue weighted by Crippen LogP contribution is -2.24. The summed E-state index contributed by atoms with van der Waals surface area (Å²) in [4.78, 5) is 13.8. The molecule has 2 aromatic rings. The van der Waals surface area contributed by atoms with Gasteiger partial charge >= 0.3 is 0 Å². The van der Waals surface area contributed by atoms with Crippen LogP contribution in [-0.4, -0.2) is 12.5 Å². The van der Waals surface area contributed by atoms with E-state index in [0.29, 0.717) is 13.0 Å². The number of hydrogen-bond acceptors (Lipinski definition) is 3. The fourth-order valence-corrected chi connectivity index (χ4v) is 2.69. The summed E-state index contributed by atoms with van der Waals surface area (Å²) in [5, 5.41) is 2.91. The van der Waals surface area contributed by atoms with Crippen LogP contribution >= 0.6 is 11.3 Å². The molecule has 0 atom stereocenters. The average molecular weight is 275 g/mol. The number of furan rings is 1. The van der Waals surface area contributed by atoms with Crippen molar-refractivity contribution in [2.45, 2.75) is 19.3 Å². The predicted octanol–water partition coefficient (Wildman–Crippen LogP) is 3.63. The Bertz CT molecular complexity index is 528. The second-order valence-electron chi connectivity index (χ2n) is 4.17. The summed E-state index contributed by atoms with van der Waals surface area (Å²) >= 11 is 1.70. The lowest BCUT2D eigenvalue weighted by atomic mass is 10.3. The van der Waals surface area contributed by atoms with Crippen molar-refractivity contribution in [1.82, 2.24) is 5.32 Å². The normalized spacial score (nSPS) is 10.3. The van der Waals surface area contributed by atoms with Crippen LogP contribution in [0.3, 0.4) is 0 Å². The number of carbonyl (C=O) groups excluding carboxylic acids is 1. The standard InChI is InChI=1S/C15H17NO2S/c1-2-3-6-15(17)16-10-9-12-7-8-14(19-12)13-5-4-11-18-13/h2,4-5,7-8,11H,1,3,6,9-10H2,(H,16,17). The Morgan fingerprint density at radius 2 is 2.32 bits per heavy atom. The lowest BCUT2D eigenvalue weighted by Gasteiger charge is -2.02. The maximum Gasteiger partial charge on any atom is 0.220 e. The second-order valence-corrected chi connectivity index (χ2v) is 5.34. The predicted molar refractivity (Wildman–Crippen MR) is 78.2 cm³/mol. The van der Waals surface area contributed by atoms with Crippen molar-refractivity contribution < 1.29 is 9.21 Å². The number of amides is 1. The first kappa shape index (κ1) is 13.6. The topological polar surface area (TPSA) is 42.2 Å². The zero-order chi connectivity index (χ0) is 13.5. The third-order valence-corrected chi connectivity index (χ3v) is 3.85. The van der Waals surface area contributed by atoms with Crippen LogP contribution in [0.2, 0.25) is 0 Å². The van der Waals surface area contributed by atoms with Gasteiger partial charge in [0.15, 0.2) is 0 Å². The van der Waals surface area contributed by atoms with Crippen molar-refractivity contribution in [2.24, 2.45) is 0 Å². The first-order valence-corrected chi connectivity index (χ1v) is 7.11. The van der Waals surface area contributed by atoms with Crippen LogP contribution in [0.15, 0.2) is 47.6 Å². The van der Waals surface area contributed by atoms with Crippen LogP contribution in [0.4, 0.5) is 0 Å². The molecule has 0 saturated heterocycles. The van der Waals surface area contributed by atoms with Gasteiger partial charge in [-0.2, -0.15) is 0 Å². The highest BCUT2D eigenvalue weighted by Gasteiger charge is 2.05. The quantitative estimate of drug-likeness (QED) is 0.784. The largest absolute Gasteiger partial charge is 0.464 e. The number of thiophene rings is 1. The van der Waals surface area contributed by atoms with Crippen LogP contribution in [0.1, 0.15) is 17.7 Å². The van der Waals surface area contributed by atoms with Gasteiger partial charge in [-0.15, -0.1) is 17.9 Å². The molecular weight excluding hydrogens is 258 g/mol. The molecule has 0 radical (unpaired) electrons. The molecule has 19 heavy (non-hydrogen) atoms. The van der Waals surface area contributed by atoms with Gasteiger partial charge in [0, 0.05) is 17.8 Å². The Balaban J connectivity index is 1.78. The Kier molecular flexibility index (Phi) is 4.98. The molecule has 1 amide bonds. The average Bonchev–Trinajstić information content (AvgIpc) is 3.06. The van der Waals surface area contributed by atoms with E-state index in [1.165, 1.54) is 4.88 Å². The van der Waals surface area contributed by atoms with Gasteiger partial charge in [0.1, 0.15) is 5.76 Å². The Morgan fingerprint density at radius 3 is 3.05 bits per heavy atom. The van der Waals surface area contributed by atoms with E-state index in [2.05, 4.69) is 24.0 Å². The van der Waals surface area contributed by atoms with Crippen LogP contribution in [0, 0.1) is 0 Å². The molecule has 0 aliphatic heterocycles. The fourth-order valence-electron chi connectivity index (χ4n) is 1.71. The van der Waals surface area contributed by atoms with Crippen LogP contribution in [0.25, 0.3) is 10.6 Å². The molecule has 0 aliphatic carbocycles. The molecule has 0 bridgehead atoms. The van der Waals surface area contributed by atoms with Crippen LogP contribution in [-0.2, 0) is 11.2 Å². The lowest BCUT2D eigenvalue weighted by molar-refractivity contribution is -0.120. The first-order valence-electron chi connectivity index (χ1n) is 6.30. The Hall–Kier alpha value is -1.81. The Labute approximate surface area is 116 Å². The van der Waals surface area contributed by atoms with Gasteiger partial charge in [0.05, 0.1) is 11.1 Å². The first-order chi connectivity index (χ1) is 9.29. The van der Waals surface area contributed by atoms with E-state index in [9.17, 15) is 4.79 Å². The minimum atomic E-state index is 0.0858. The van der Waals surface area contributed by atoms with Gasteiger partial charge in [0.25, 0.3) is 0 Å². The highest BCUT2D eigenvalue weighted by atomic mass is 32.1. The molecular formula is C15H17NO2S. The number of hydrogen-bond donors (Lipinski definition) is 1. The van der Waals surface area contributed by atoms with Gasteiger partial charge in [0.2, 0.25) is 5.91 Å². The smallest absolute Gasteiger partial charge is 0.220 e. The van der Waals surface area contributed by atoms with E-state index in [-0.39, 0.29) is 5.91 Å². The molecule has 1 N–H and O–H groups in total. The maximum atomic E-state index is 11.4. The van der Waals surface area contributed by atoms with E-state index in [1.54, 1.807) is 23.7 Å². The number of nitrogens with one attached hydrogen (secondary N) is 1. The SMILES string of the molecule is C=CCCC(=O)NCCc1ccc(-c2ccco2)s1. The van der Waals surface area contributed by atoms with Crippen LogP contribution in [0.5, 0.6) is 0 Å². The summed E-state index contributed by atoms with van der Waals surface area (Å²) in [6, 6.07) is 7.97. The van der Waals surface area contributed by atoms with E-state index < -0.39 is 0 Å². The van der Waals surface area contributed by atoms with E-state index in [0.717, 1.165) is 23.5 Å². The zero-order valence-electron chi connectivity index (χ0n) is 10.7. The zero-order valence-corrected chi connectivity index (χ0v) is 11.5. The molecule has 0 spiro atoms. The van der Waals surface area contributed by atoms with Crippen LogP contribution < -0.4 is 5.32 Å². The molecule has 2 aromatic heterocycles. The van der Waals surface area contributed by atoms with Gasteiger partial charge in [-0.1, -0.05) is 6.08 Å². The van der Waals surface area contributed by atoms with Crippen molar-refractivity contribution in [3.8, 4) is 10.6 Å². The third-order valence-electron chi connectivity index (χ3n) is 2.69. The molecule has 2 rings (SSSR count). The van der Waals surface area contributed by atoms with Gasteiger partial charge < -0.3 is 9.73 Å². The Morgan fingerprint density at radius 1 is 1.42 bits per heavy atom. The van der Waals surface area contributed by atoms with Crippen molar-refractivity contribution in [3.05, 3.63) is 48.1 Å². The summed E-state index contributed by atoms with van der Waals surface area (Å²) in [6.45, 7) is 4.28. The van der Waals surface area contributed by atoms with Crippen molar-refractivity contribution in [1.29, 1.82) is 0 Å². The van der Waals surface area contributed by atoms with Crippen molar-refractivity contribution >= 4 is 17.2 Å². The van der Waals surface area contributed by atoms with Gasteiger partial charge in [-0.25, -0.2) is 0 Å². The summed E-state index contributed by atoms with van der Waals surface area (Å²) in [5.74, 6) is 0.981. The number of carbonyl (C=O) groups is 1. The minimum absolute atomic E-state index is 0.0858. The molecule has 0 aromatic carbocycles. The van der Waals surface area contributed by atoms with Gasteiger partial charge in [-0.3, -0.25) is 4.79 Å². The third kappa shape index (κ3) is 4.10. The molecule has 2 heterocycles. The summed E-state index contributed by atoms with van der Waals surface area (Å²) < 4.78 is 5.35. The van der Waals surface area contributed by atoms with E-state index in [4.69, 9.17) is 4.42 Å². The number of allylic oxidation sites excluding steroid dienone is 1. The fraction of sp³-hybridized carbons (Fsp3) is 0.267. The van der Waals surface area contributed by atoms with E-state index in [1.807, 2.05) is 12.1 Å². The monoisotopic (exact) mass is 275 g/mol. The number of rotatable bonds is 7. The highest BCUT2D eigenvalue weighted by molar-refractivity contribution is 7.15. The second kappa shape index (κ2) is 6.95. The molecule has 0 saturated carbocycles. The molecule has 0 aliphatic rings. The molecule has 0 fully saturated rings.